The van der Waals surface area contributed by atoms with Crippen LogP contribution in [0.5, 0.6) is 0 Å². The number of rotatable bonds is 4. The molecule has 114 valence electrons. The predicted molar refractivity (Wildman–Crippen MR) is 73.3 cm³/mol. The highest BCUT2D eigenvalue weighted by atomic mass is 16.4. The van der Waals surface area contributed by atoms with Gasteiger partial charge in [-0.05, 0) is 31.6 Å². The first kappa shape index (κ1) is 15.1. The number of carbonyl (C=O) groups excluding carboxylic acids is 1. The highest BCUT2D eigenvalue weighted by molar-refractivity contribution is 5.75. The SMILES string of the molecule is O=C(O)C(O)CCNC(=O)N1CCC[C@H]2CCCC[C@H]21. The maximum Gasteiger partial charge on any atom is 0.332 e. The number of hydrogen-bond acceptors (Lipinski definition) is 3. The Hall–Kier alpha value is -1.30. The zero-order chi connectivity index (χ0) is 14.5. The Morgan fingerprint density at radius 3 is 2.65 bits per heavy atom. The van der Waals surface area contributed by atoms with Crippen molar-refractivity contribution >= 4 is 12.0 Å². The monoisotopic (exact) mass is 284 g/mol. The molecule has 0 radical (unpaired) electrons. The van der Waals surface area contributed by atoms with Gasteiger partial charge >= 0.3 is 12.0 Å². The number of piperidine rings is 1. The number of carboxylic acid groups (broad SMARTS) is 1. The van der Waals surface area contributed by atoms with Gasteiger partial charge in [-0.25, -0.2) is 9.59 Å². The molecule has 6 heteroatoms. The first-order chi connectivity index (χ1) is 9.59. The van der Waals surface area contributed by atoms with Gasteiger partial charge in [0.05, 0.1) is 0 Å². The van der Waals surface area contributed by atoms with Crippen LogP contribution in [0.4, 0.5) is 4.79 Å². The lowest BCUT2D eigenvalue weighted by Crippen LogP contribution is -2.53. The van der Waals surface area contributed by atoms with Crippen LogP contribution in [0.25, 0.3) is 0 Å². The highest BCUT2D eigenvalue weighted by Gasteiger charge is 2.35. The number of carbonyl (C=O) groups is 2. The Morgan fingerprint density at radius 2 is 1.90 bits per heavy atom. The summed E-state index contributed by atoms with van der Waals surface area (Å²) in [4.78, 5) is 24.6. The number of aliphatic hydroxyl groups is 1. The van der Waals surface area contributed by atoms with Gasteiger partial charge < -0.3 is 20.4 Å². The summed E-state index contributed by atoms with van der Waals surface area (Å²) in [5, 5.41) is 20.5. The number of fused-ring (bicyclic) bond motifs is 1. The molecule has 0 bridgehead atoms. The standard InChI is InChI=1S/C14H24N2O4/c17-12(13(18)19)7-8-15-14(20)16-9-3-5-10-4-1-2-6-11(10)16/h10-12,17H,1-9H2,(H,15,20)(H,18,19)/t10-,11-,12?/m1/s1. The lowest BCUT2D eigenvalue weighted by Gasteiger charge is -2.44. The molecule has 1 unspecified atom stereocenters. The van der Waals surface area contributed by atoms with Crippen LogP contribution >= 0.6 is 0 Å². The molecule has 1 heterocycles. The lowest BCUT2D eigenvalue weighted by molar-refractivity contribution is -0.146. The van der Waals surface area contributed by atoms with E-state index in [1.54, 1.807) is 0 Å². The van der Waals surface area contributed by atoms with Gasteiger partial charge in [0.25, 0.3) is 0 Å². The van der Waals surface area contributed by atoms with Crippen LogP contribution in [0.15, 0.2) is 0 Å². The smallest absolute Gasteiger partial charge is 0.332 e. The van der Waals surface area contributed by atoms with Crippen LogP contribution in [0, 0.1) is 5.92 Å². The van der Waals surface area contributed by atoms with E-state index in [0.29, 0.717) is 12.0 Å². The van der Waals surface area contributed by atoms with E-state index in [-0.39, 0.29) is 19.0 Å². The van der Waals surface area contributed by atoms with Crippen molar-refractivity contribution in [1.29, 1.82) is 0 Å². The summed E-state index contributed by atoms with van der Waals surface area (Å²) >= 11 is 0. The summed E-state index contributed by atoms with van der Waals surface area (Å²) in [5.74, 6) is -0.613. The Kier molecular flexibility index (Phi) is 5.23. The van der Waals surface area contributed by atoms with Gasteiger partial charge in [0, 0.05) is 25.6 Å². The van der Waals surface area contributed by atoms with E-state index in [0.717, 1.165) is 19.4 Å². The fourth-order valence-electron chi connectivity index (χ4n) is 3.42. The molecule has 0 aromatic heterocycles. The van der Waals surface area contributed by atoms with Crippen molar-refractivity contribution in [2.24, 2.45) is 5.92 Å². The molecule has 3 N–H and O–H groups in total. The Bertz CT molecular complexity index is 359. The maximum absolute atomic E-state index is 12.2. The quantitative estimate of drug-likeness (QED) is 0.723. The third kappa shape index (κ3) is 3.62. The Balaban J connectivity index is 1.80. The predicted octanol–water partition coefficient (Wildman–Crippen LogP) is 1.19. The van der Waals surface area contributed by atoms with E-state index >= 15 is 0 Å². The number of aliphatic hydroxyl groups excluding tert-OH is 1. The van der Waals surface area contributed by atoms with Crippen molar-refractivity contribution in [3.63, 3.8) is 0 Å². The van der Waals surface area contributed by atoms with Crippen LogP contribution in [-0.2, 0) is 4.79 Å². The first-order valence-electron chi connectivity index (χ1n) is 7.55. The molecule has 3 atom stereocenters. The third-order valence-corrected chi connectivity index (χ3v) is 4.48. The molecule has 2 fully saturated rings. The minimum Gasteiger partial charge on any atom is -0.479 e. The van der Waals surface area contributed by atoms with Crippen molar-refractivity contribution in [3.8, 4) is 0 Å². The van der Waals surface area contributed by atoms with E-state index in [2.05, 4.69) is 5.32 Å². The van der Waals surface area contributed by atoms with Crippen molar-refractivity contribution in [2.45, 2.75) is 57.1 Å². The molecule has 6 nitrogen and oxygen atoms in total. The van der Waals surface area contributed by atoms with Gasteiger partial charge in [-0.15, -0.1) is 0 Å². The highest BCUT2D eigenvalue weighted by Crippen LogP contribution is 2.35. The van der Waals surface area contributed by atoms with Crippen molar-refractivity contribution in [2.75, 3.05) is 13.1 Å². The largest absolute Gasteiger partial charge is 0.479 e. The maximum atomic E-state index is 12.2. The number of urea groups is 1. The molecule has 0 aromatic rings. The van der Waals surface area contributed by atoms with E-state index in [9.17, 15) is 14.7 Å². The zero-order valence-electron chi connectivity index (χ0n) is 11.8. The minimum absolute atomic E-state index is 0.0447. The molecule has 0 aromatic carbocycles. The van der Waals surface area contributed by atoms with E-state index in [4.69, 9.17) is 5.11 Å². The summed E-state index contributed by atoms with van der Waals surface area (Å²) in [6.45, 7) is 0.981. The average Bonchev–Trinajstić information content (AvgIpc) is 2.46. The van der Waals surface area contributed by atoms with Crippen LogP contribution < -0.4 is 5.32 Å². The molecule has 1 saturated carbocycles. The summed E-state index contributed by atoms with van der Waals surface area (Å²) in [7, 11) is 0. The number of likely N-dealkylation sites (tertiary alicyclic amines) is 1. The summed E-state index contributed by atoms with van der Waals surface area (Å²) in [6, 6.07) is 0.237. The van der Waals surface area contributed by atoms with Gasteiger partial charge in [0.1, 0.15) is 0 Å². The minimum atomic E-state index is -1.40. The Labute approximate surface area is 119 Å². The fraction of sp³-hybridized carbons (Fsp3) is 0.857. The van der Waals surface area contributed by atoms with Gasteiger partial charge in [-0.3, -0.25) is 0 Å². The molecule has 1 saturated heterocycles. The number of hydrogen-bond donors (Lipinski definition) is 3. The van der Waals surface area contributed by atoms with E-state index < -0.39 is 12.1 Å². The molecule has 1 aliphatic carbocycles. The lowest BCUT2D eigenvalue weighted by atomic mass is 9.78. The van der Waals surface area contributed by atoms with Crippen LogP contribution in [-0.4, -0.2) is 52.3 Å². The second-order valence-electron chi connectivity index (χ2n) is 5.82. The molecule has 2 rings (SSSR count). The van der Waals surface area contributed by atoms with Crippen molar-refractivity contribution < 1.29 is 19.8 Å². The number of nitrogens with zero attached hydrogens (tertiary/aromatic N) is 1. The first-order valence-corrected chi connectivity index (χ1v) is 7.55. The van der Waals surface area contributed by atoms with Crippen LogP contribution in [0.1, 0.15) is 44.9 Å². The number of nitrogens with one attached hydrogen (secondary N) is 1. The van der Waals surface area contributed by atoms with E-state index in [1.807, 2.05) is 4.90 Å². The molecule has 0 spiro atoms. The van der Waals surface area contributed by atoms with Crippen LogP contribution in [0.2, 0.25) is 0 Å². The second kappa shape index (κ2) is 6.92. The second-order valence-corrected chi connectivity index (χ2v) is 5.82. The molecule has 1 aliphatic heterocycles. The average molecular weight is 284 g/mol. The topological polar surface area (TPSA) is 89.9 Å². The van der Waals surface area contributed by atoms with Gasteiger partial charge in [0.15, 0.2) is 6.10 Å². The molecule has 2 aliphatic rings. The normalized spacial score (nSPS) is 27.6. The molecule has 2 amide bonds. The third-order valence-electron chi connectivity index (χ3n) is 4.48. The summed E-state index contributed by atoms with van der Waals surface area (Å²) < 4.78 is 0. The Morgan fingerprint density at radius 1 is 1.20 bits per heavy atom. The van der Waals surface area contributed by atoms with Gasteiger partial charge in [-0.2, -0.15) is 0 Å². The molecule has 20 heavy (non-hydrogen) atoms. The van der Waals surface area contributed by atoms with Gasteiger partial charge in [0.2, 0.25) is 0 Å². The molecular formula is C14H24N2O4. The zero-order valence-corrected chi connectivity index (χ0v) is 11.8. The van der Waals surface area contributed by atoms with Crippen molar-refractivity contribution in [3.05, 3.63) is 0 Å². The molecular weight excluding hydrogens is 260 g/mol. The number of carboxylic acids is 1. The van der Waals surface area contributed by atoms with Crippen molar-refractivity contribution in [1.82, 2.24) is 10.2 Å². The summed E-state index contributed by atoms with van der Waals surface area (Å²) in [6.07, 6.45) is 5.65. The summed E-state index contributed by atoms with van der Waals surface area (Å²) in [5.41, 5.74) is 0. The van der Waals surface area contributed by atoms with E-state index in [1.165, 1.54) is 25.7 Å². The fourth-order valence-corrected chi connectivity index (χ4v) is 3.42. The number of amides is 2. The van der Waals surface area contributed by atoms with Gasteiger partial charge in [-0.1, -0.05) is 12.8 Å². The van der Waals surface area contributed by atoms with Crippen LogP contribution in [0.3, 0.4) is 0 Å². The number of aliphatic carboxylic acids is 1.